The van der Waals surface area contributed by atoms with Gasteiger partial charge in [-0.25, -0.2) is 4.39 Å². The van der Waals surface area contributed by atoms with E-state index in [4.69, 9.17) is 4.74 Å². The Kier molecular flexibility index (Phi) is 8.34. The Morgan fingerprint density at radius 3 is 2.21 bits per heavy atom. The zero-order valence-corrected chi connectivity index (χ0v) is 18.1. The van der Waals surface area contributed by atoms with Crippen molar-refractivity contribution < 1.29 is 9.13 Å². The molecular weight excluding hydrogens is 359 g/mol. The van der Waals surface area contributed by atoms with Gasteiger partial charge in [0.1, 0.15) is 11.6 Å². The third kappa shape index (κ3) is 5.72. The summed E-state index contributed by atoms with van der Waals surface area (Å²) < 4.78 is 21.0. The monoisotopic (exact) mass is 394 g/mol. The highest BCUT2D eigenvalue weighted by Gasteiger charge is 2.10. The van der Waals surface area contributed by atoms with E-state index in [0.29, 0.717) is 0 Å². The van der Waals surface area contributed by atoms with Crippen LogP contribution in [0.1, 0.15) is 77.2 Å². The average Bonchev–Trinajstić information content (AvgIpc) is 2.74. The molecule has 3 aromatic carbocycles. The summed E-state index contributed by atoms with van der Waals surface area (Å²) in [6.07, 6.45) is 11.8. The molecule has 0 atom stereocenters. The normalized spacial score (nSPS) is 11.4. The second-order valence-corrected chi connectivity index (χ2v) is 8.16. The molecule has 0 aliphatic heterocycles. The van der Waals surface area contributed by atoms with E-state index in [1.165, 1.54) is 32.1 Å². The van der Waals surface area contributed by atoms with Crippen LogP contribution in [-0.2, 0) is 6.42 Å². The fourth-order valence-electron chi connectivity index (χ4n) is 4.05. The van der Waals surface area contributed by atoms with Crippen molar-refractivity contribution in [2.75, 3.05) is 6.61 Å². The molecule has 0 N–H and O–H groups in total. The molecule has 0 saturated heterocycles. The van der Waals surface area contributed by atoms with E-state index < -0.39 is 0 Å². The second kappa shape index (κ2) is 11.2. The van der Waals surface area contributed by atoms with E-state index in [0.717, 1.165) is 71.6 Å². The minimum absolute atomic E-state index is 0.0519. The molecule has 0 aliphatic rings. The maximum atomic E-state index is 15.0. The summed E-state index contributed by atoms with van der Waals surface area (Å²) in [7, 11) is 0. The third-order valence-electron chi connectivity index (χ3n) is 5.82. The summed E-state index contributed by atoms with van der Waals surface area (Å²) >= 11 is 0. The number of halogens is 1. The van der Waals surface area contributed by atoms with Gasteiger partial charge in [0.25, 0.3) is 0 Å². The average molecular weight is 395 g/mol. The van der Waals surface area contributed by atoms with Gasteiger partial charge in [-0.2, -0.15) is 0 Å². The number of hydrogen-bond donors (Lipinski definition) is 0. The summed E-state index contributed by atoms with van der Waals surface area (Å²) in [5.41, 5.74) is 0.837. The maximum absolute atomic E-state index is 15.0. The molecule has 0 bridgehead atoms. The van der Waals surface area contributed by atoms with Crippen LogP contribution in [0, 0.1) is 5.82 Å². The lowest BCUT2D eigenvalue weighted by Crippen LogP contribution is -1.97. The fourth-order valence-corrected chi connectivity index (χ4v) is 4.05. The van der Waals surface area contributed by atoms with Gasteiger partial charge >= 0.3 is 0 Å². The zero-order chi connectivity index (χ0) is 20.5. The van der Waals surface area contributed by atoms with Crippen LogP contribution in [-0.4, -0.2) is 6.61 Å². The summed E-state index contributed by atoms with van der Waals surface area (Å²) in [6, 6.07) is 14.2. The number of hydrogen-bond acceptors (Lipinski definition) is 1. The summed E-state index contributed by atoms with van der Waals surface area (Å²) in [6.45, 7) is 5.18. The molecule has 29 heavy (non-hydrogen) atoms. The van der Waals surface area contributed by atoms with Crippen molar-refractivity contribution >= 4 is 21.5 Å². The Balaban J connectivity index is 1.68. The van der Waals surface area contributed by atoms with E-state index in [2.05, 4.69) is 32.0 Å². The highest BCUT2D eigenvalue weighted by Crippen LogP contribution is 2.31. The van der Waals surface area contributed by atoms with Gasteiger partial charge in [0, 0.05) is 5.39 Å². The first kappa shape index (κ1) is 21.6. The minimum Gasteiger partial charge on any atom is -0.494 e. The zero-order valence-electron chi connectivity index (χ0n) is 18.1. The number of aryl methyl sites for hydroxylation is 1. The van der Waals surface area contributed by atoms with Gasteiger partial charge in [-0.05, 0) is 53.1 Å². The molecule has 0 radical (unpaired) electrons. The predicted molar refractivity (Wildman–Crippen MR) is 124 cm³/mol. The third-order valence-corrected chi connectivity index (χ3v) is 5.82. The van der Waals surface area contributed by atoms with Crippen LogP contribution < -0.4 is 4.74 Å². The molecule has 156 valence electrons. The predicted octanol–water partition coefficient (Wildman–Crippen LogP) is 8.60. The summed E-state index contributed by atoms with van der Waals surface area (Å²) in [5.74, 6) is 0.853. The van der Waals surface area contributed by atoms with Gasteiger partial charge < -0.3 is 4.74 Å². The van der Waals surface area contributed by atoms with E-state index in [-0.39, 0.29) is 5.82 Å². The van der Waals surface area contributed by atoms with Gasteiger partial charge in [-0.3, -0.25) is 0 Å². The molecule has 0 spiro atoms. The molecule has 3 aromatic rings. The summed E-state index contributed by atoms with van der Waals surface area (Å²) in [5, 5.41) is 3.92. The van der Waals surface area contributed by atoms with E-state index in [1.54, 1.807) is 0 Å². The van der Waals surface area contributed by atoms with E-state index >= 15 is 0 Å². The maximum Gasteiger partial charge on any atom is 0.134 e. The molecule has 0 saturated carbocycles. The highest BCUT2D eigenvalue weighted by molar-refractivity contribution is 6.08. The summed E-state index contributed by atoms with van der Waals surface area (Å²) in [4.78, 5) is 0. The SMILES string of the molecule is CCCCCCCCOc1ccc2c(ccc3c(F)c(CCCCC)ccc32)c1. The topological polar surface area (TPSA) is 9.23 Å². The largest absolute Gasteiger partial charge is 0.494 e. The smallest absolute Gasteiger partial charge is 0.134 e. The Hall–Kier alpha value is -2.09. The van der Waals surface area contributed by atoms with Crippen molar-refractivity contribution in [3.8, 4) is 5.75 Å². The molecule has 2 heteroatoms. The number of rotatable bonds is 12. The fraction of sp³-hybridized carbons (Fsp3) is 0.481. The van der Waals surface area contributed by atoms with Gasteiger partial charge in [-0.15, -0.1) is 0 Å². The lowest BCUT2D eigenvalue weighted by atomic mass is 9.97. The standard InChI is InChI=1S/C27H35FO/c1-3-5-7-8-9-11-19-29-23-15-18-24-22(20-23)14-17-26-25(24)16-13-21(27(26)28)12-10-6-4-2/h13-18,20H,3-12,19H2,1-2H3. The van der Waals surface area contributed by atoms with Gasteiger partial charge in [0.15, 0.2) is 0 Å². The molecule has 0 unspecified atom stereocenters. The van der Waals surface area contributed by atoms with Crippen LogP contribution >= 0.6 is 0 Å². The van der Waals surface area contributed by atoms with Crippen LogP contribution in [0.2, 0.25) is 0 Å². The molecular formula is C27H35FO. The lowest BCUT2D eigenvalue weighted by molar-refractivity contribution is 0.305. The van der Waals surface area contributed by atoms with Crippen LogP contribution in [0.4, 0.5) is 4.39 Å². The number of unbranched alkanes of at least 4 members (excludes halogenated alkanes) is 7. The van der Waals surface area contributed by atoms with Crippen molar-refractivity contribution in [1.29, 1.82) is 0 Å². The first-order valence-electron chi connectivity index (χ1n) is 11.5. The van der Waals surface area contributed by atoms with Crippen LogP contribution in [0.25, 0.3) is 21.5 Å². The first-order valence-corrected chi connectivity index (χ1v) is 11.5. The Morgan fingerprint density at radius 2 is 1.38 bits per heavy atom. The minimum atomic E-state index is -0.0519. The number of benzene rings is 3. The Bertz CT molecular complexity index is 915. The van der Waals surface area contributed by atoms with Crippen molar-refractivity contribution in [3.05, 3.63) is 53.8 Å². The van der Waals surface area contributed by atoms with Gasteiger partial charge in [0.05, 0.1) is 6.61 Å². The molecule has 3 rings (SSSR count). The van der Waals surface area contributed by atoms with E-state index in [1.807, 2.05) is 24.3 Å². The van der Waals surface area contributed by atoms with Gasteiger partial charge in [-0.1, -0.05) is 89.1 Å². The van der Waals surface area contributed by atoms with Crippen LogP contribution in [0.5, 0.6) is 5.75 Å². The van der Waals surface area contributed by atoms with Crippen LogP contribution in [0.15, 0.2) is 42.5 Å². The Labute approximate surface area is 175 Å². The highest BCUT2D eigenvalue weighted by atomic mass is 19.1. The molecule has 0 aliphatic carbocycles. The molecule has 0 heterocycles. The van der Waals surface area contributed by atoms with Crippen molar-refractivity contribution in [1.82, 2.24) is 0 Å². The number of fused-ring (bicyclic) bond motifs is 3. The molecule has 0 fully saturated rings. The molecule has 1 nitrogen and oxygen atoms in total. The molecule has 0 amide bonds. The number of ether oxygens (including phenoxy) is 1. The first-order chi connectivity index (χ1) is 14.2. The van der Waals surface area contributed by atoms with Crippen LogP contribution in [0.3, 0.4) is 0 Å². The van der Waals surface area contributed by atoms with Crippen molar-refractivity contribution in [2.24, 2.45) is 0 Å². The quantitative estimate of drug-likeness (QED) is 0.221. The Morgan fingerprint density at radius 1 is 0.690 bits per heavy atom. The van der Waals surface area contributed by atoms with Crippen molar-refractivity contribution in [2.45, 2.75) is 78.1 Å². The second-order valence-electron chi connectivity index (χ2n) is 8.16. The van der Waals surface area contributed by atoms with E-state index in [9.17, 15) is 4.39 Å². The lowest BCUT2D eigenvalue weighted by Gasteiger charge is -2.11. The van der Waals surface area contributed by atoms with Crippen molar-refractivity contribution in [3.63, 3.8) is 0 Å². The molecule has 0 aromatic heterocycles. The van der Waals surface area contributed by atoms with Gasteiger partial charge in [0.2, 0.25) is 0 Å².